The van der Waals surface area contributed by atoms with Gasteiger partial charge < -0.3 is 14.9 Å². The second-order valence-corrected chi connectivity index (χ2v) is 8.90. The molecule has 4 rings (SSSR count). The van der Waals surface area contributed by atoms with Crippen LogP contribution in [0.2, 0.25) is 5.02 Å². The predicted octanol–water partition coefficient (Wildman–Crippen LogP) is 4.60. The lowest BCUT2D eigenvalue weighted by Crippen LogP contribution is -2.38. The lowest BCUT2D eigenvalue weighted by molar-refractivity contribution is -0.140. The van der Waals surface area contributed by atoms with Crippen molar-refractivity contribution < 1.29 is 14.7 Å². The maximum Gasteiger partial charge on any atom is 0.295 e. The van der Waals surface area contributed by atoms with Gasteiger partial charge >= 0.3 is 0 Å². The first kappa shape index (κ1) is 24.7. The molecule has 1 unspecified atom stereocenters. The average molecular weight is 493 g/mol. The van der Waals surface area contributed by atoms with Crippen molar-refractivity contribution >= 4 is 29.1 Å². The minimum Gasteiger partial charge on any atom is -0.507 e. The molecule has 3 aromatic rings. The summed E-state index contributed by atoms with van der Waals surface area (Å²) >= 11 is 6.10. The lowest BCUT2D eigenvalue weighted by atomic mass is 9.95. The number of ketones is 1. The number of halogens is 1. The van der Waals surface area contributed by atoms with Gasteiger partial charge in [-0.3, -0.25) is 9.59 Å². The summed E-state index contributed by atoms with van der Waals surface area (Å²) in [7, 11) is 0. The molecule has 0 aliphatic carbocycles. The monoisotopic (exact) mass is 492 g/mol. The quantitative estimate of drug-likeness (QED) is 0.282. The smallest absolute Gasteiger partial charge is 0.295 e. The van der Waals surface area contributed by atoms with E-state index >= 15 is 0 Å². The van der Waals surface area contributed by atoms with Crippen LogP contribution in [-0.4, -0.2) is 62.6 Å². The number of carbonyl (C=O) groups is 2. The van der Waals surface area contributed by atoms with Crippen molar-refractivity contribution in [3.63, 3.8) is 0 Å². The Labute approximate surface area is 210 Å². The van der Waals surface area contributed by atoms with E-state index in [9.17, 15) is 14.7 Å². The van der Waals surface area contributed by atoms with Gasteiger partial charge in [0.2, 0.25) is 0 Å². The van der Waals surface area contributed by atoms with Gasteiger partial charge in [-0.15, -0.1) is 0 Å². The van der Waals surface area contributed by atoms with Gasteiger partial charge in [0, 0.05) is 18.1 Å². The summed E-state index contributed by atoms with van der Waals surface area (Å²) < 4.78 is 1.70. The van der Waals surface area contributed by atoms with Gasteiger partial charge in [-0.05, 0) is 49.8 Å². The number of Topliss-reactive ketones (excluding diaryl/α,β-unsaturated/α-hetero) is 1. The Morgan fingerprint density at radius 3 is 2.34 bits per heavy atom. The molecule has 1 N–H and O–H groups in total. The number of nitrogens with zero attached hydrogens (tertiary/aromatic N) is 4. The molecule has 2 heterocycles. The van der Waals surface area contributed by atoms with Crippen molar-refractivity contribution in [3.05, 3.63) is 88.2 Å². The molecule has 1 aliphatic heterocycles. The summed E-state index contributed by atoms with van der Waals surface area (Å²) in [5.74, 6) is -1.55. The molecule has 1 aromatic heterocycles. The molecular weight excluding hydrogens is 464 g/mol. The molecular formula is C27H29ClN4O3. The Kier molecular flexibility index (Phi) is 7.38. The number of hydrogen-bond acceptors (Lipinski definition) is 5. The molecule has 0 spiro atoms. The number of aromatic nitrogens is 2. The standard InChI is InChI=1S/C27H29ClN4O3/c1-4-30(5-2)15-16-31-24(19-11-13-20(28)14-12-19)23(26(34)27(31)35)25(33)22-17-29-32(18(22)3)21-9-7-6-8-10-21/h6-14,17,24,33H,4-5,15-16H2,1-3H3/b25-23+. The third kappa shape index (κ3) is 4.74. The highest BCUT2D eigenvalue weighted by Crippen LogP contribution is 2.40. The Morgan fingerprint density at radius 1 is 1.06 bits per heavy atom. The number of amides is 1. The van der Waals surface area contributed by atoms with Crippen LogP contribution in [0.4, 0.5) is 0 Å². The minimum absolute atomic E-state index is 0.0626. The van der Waals surface area contributed by atoms with Crippen LogP contribution in [-0.2, 0) is 9.59 Å². The largest absolute Gasteiger partial charge is 0.507 e. The zero-order chi connectivity index (χ0) is 25.1. The Balaban J connectivity index is 1.81. The molecule has 1 atom stereocenters. The van der Waals surface area contributed by atoms with E-state index in [1.165, 1.54) is 6.20 Å². The summed E-state index contributed by atoms with van der Waals surface area (Å²) in [6, 6.07) is 15.8. The third-order valence-electron chi connectivity index (χ3n) is 6.54. The number of hydrogen-bond donors (Lipinski definition) is 1. The fraction of sp³-hybridized carbons (Fsp3) is 0.296. The summed E-state index contributed by atoms with van der Waals surface area (Å²) in [5, 5.41) is 16.4. The summed E-state index contributed by atoms with van der Waals surface area (Å²) in [6.45, 7) is 8.59. The molecule has 182 valence electrons. The normalized spacial score (nSPS) is 17.5. The van der Waals surface area contributed by atoms with E-state index in [4.69, 9.17) is 11.6 Å². The van der Waals surface area contributed by atoms with Crippen LogP contribution in [0.5, 0.6) is 0 Å². The minimum atomic E-state index is -0.720. The van der Waals surface area contributed by atoms with E-state index in [0.717, 1.165) is 18.8 Å². The molecule has 0 saturated carbocycles. The van der Waals surface area contributed by atoms with Crippen LogP contribution < -0.4 is 0 Å². The van der Waals surface area contributed by atoms with Crippen molar-refractivity contribution in [1.82, 2.24) is 19.6 Å². The van der Waals surface area contributed by atoms with E-state index in [1.807, 2.05) is 37.3 Å². The van der Waals surface area contributed by atoms with Gasteiger partial charge in [0.15, 0.2) is 0 Å². The molecule has 1 fully saturated rings. The molecule has 8 heteroatoms. The SMILES string of the molecule is CCN(CC)CCN1C(=O)C(=O)/C(=C(/O)c2cnn(-c3ccccc3)c2C)C1c1ccc(Cl)cc1. The van der Waals surface area contributed by atoms with Crippen LogP contribution in [0, 0.1) is 6.92 Å². The number of likely N-dealkylation sites (tertiary alicyclic amines) is 1. The van der Waals surface area contributed by atoms with Crippen molar-refractivity contribution in [1.29, 1.82) is 0 Å². The number of rotatable bonds is 8. The molecule has 0 radical (unpaired) electrons. The van der Waals surface area contributed by atoms with Crippen molar-refractivity contribution in [2.75, 3.05) is 26.2 Å². The molecule has 1 saturated heterocycles. The van der Waals surface area contributed by atoms with Gasteiger partial charge in [-0.25, -0.2) is 4.68 Å². The highest BCUT2D eigenvalue weighted by molar-refractivity contribution is 6.46. The van der Waals surface area contributed by atoms with Gasteiger partial charge in [-0.2, -0.15) is 5.10 Å². The van der Waals surface area contributed by atoms with Gasteiger partial charge in [0.05, 0.1) is 34.8 Å². The lowest BCUT2D eigenvalue weighted by Gasteiger charge is -2.28. The van der Waals surface area contributed by atoms with E-state index in [2.05, 4.69) is 23.8 Å². The molecule has 35 heavy (non-hydrogen) atoms. The van der Waals surface area contributed by atoms with Crippen LogP contribution in [0.3, 0.4) is 0 Å². The fourth-order valence-electron chi connectivity index (χ4n) is 4.51. The average Bonchev–Trinajstić information content (AvgIpc) is 3.38. The number of aliphatic hydroxyl groups is 1. The first-order valence-electron chi connectivity index (χ1n) is 11.7. The Morgan fingerprint density at radius 2 is 1.71 bits per heavy atom. The van der Waals surface area contributed by atoms with Crippen LogP contribution in [0.1, 0.15) is 36.7 Å². The number of likely N-dealkylation sites (N-methyl/N-ethyl adjacent to an activating group) is 1. The summed E-state index contributed by atoms with van der Waals surface area (Å²) in [4.78, 5) is 30.2. The van der Waals surface area contributed by atoms with Crippen LogP contribution in [0.25, 0.3) is 11.4 Å². The zero-order valence-corrected chi connectivity index (χ0v) is 20.9. The molecule has 1 amide bonds. The molecule has 2 aromatic carbocycles. The number of carbonyl (C=O) groups excluding carboxylic acids is 2. The van der Waals surface area contributed by atoms with Crippen LogP contribution >= 0.6 is 11.6 Å². The van der Waals surface area contributed by atoms with Crippen molar-refractivity contribution in [3.8, 4) is 5.69 Å². The Bertz CT molecular complexity index is 1250. The summed E-state index contributed by atoms with van der Waals surface area (Å²) in [5.41, 5.74) is 2.68. The van der Waals surface area contributed by atoms with E-state index in [-0.39, 0.29) is 11.3 Å². The summed E-state index contributed by atoms with van der Waals surface area (Å²) in [6.07, 6.45) is 1.53. The highest BCUT2D eigenvalue weighted by Gasteiger charge is 2.46. The first-order chi connectivity index (χ1) is 16.9. The molecule has 1 aliphatic rings. The highest BCUT2D eigenvalue weighted by atomic mass is 35.5. The van der Waals surface area contributed by atoms with Crippen molar-refractivity contribution in [2.45, 2.75) is 26.8 Å². The number of aliphatic hydroxyl groups excluding tert-OH is 1. The predicted molar refractivity (Wildman–Crippen MR) is 137 cm³/mol. The molecule has 0 bridgehead atoms. The van der Waals surface area contributed by atoms with Gasteiger partial charge in [0.25, 0.3) is 11.7 Å². The maximum absolute atomic E-state index is 13.3. The third-order valence-corrected chi connectivity index (χ3v) is 6.79. The van der Waals surface area contributed by atoms with Crippen molar-refractivity contribution in [2.24, 2.45) is 0 Å². The van der Waals surface area contributed by atoms with E-state index in [0.29, 0.717) is 34.9 Å². The first-order valence-corrected chi connectivity index (χ1v) is 12.1. The maximum atomic E-state index is 13.3. The van der Waals surface area contributed by atoms with E-state index < -0.39 is 17.7 Å². The number of benzene rings is 2. The van der Waals surface area contributed by atoms with Gasteiger partial charge in [0.1, 0.15) is 5.76 Å². The Hall–Kier alpha value is -3.42. The fourth-order valence-corrected chi connectivity index (χ4v) is 4.63. The topological polar surface area (TPSA) is 78.7 Å². The van der Waals surface area contributed by atoms with Crippen LogP contribution in [0.15, 0.2) is 66.4 Å². The zero-order valence-electron chi connectivity index (χ0n) is 20.1. The second-order valence-electron chi connectivity index (χ2n) is 8.46. The number of para-hydroxylation sites is 1. The second kappa shape index (κ2) is 10.5. The van der Waals surface area contributed by atoms with Gasteiger partial charge in [-0.1, -0.05) is 55.8 Å². The van der Waals surface area contributed by atoms with E-state index in [1.54, 1.807) is 33.8 Å². The molecule has 7 nitrogen and oxygen atoms in total.